The summed E-state index contributed by atoms with van der Waals surface area (Å²) in [7, 11) is 0. The van der Waals surface area contributed by atoms with E-state index in [2.05, 4.69) is 10.6 Å². The molecule has 0 aliphatic carbocycles. The van der Waals surface area contributed by atoms with E-state index in [0.717, 1.165) is 5.56 Å². The second-order valence-corrected chi connectivity index (χ2v) is 7.78. The van der Waals surface area contributed by atoms with E-state index in [1.807, 2.05) is 30.3 Å². The molecule has 7 heteroatoms. The van der Waals surface area contributed by atoms with Crippen LogP contribution in [-0.2, 0) is 16.0 Å². The van der Waals surface area contributed by atoms with Gasteiger partial charge >= 0.3 is 0 Å². The Morgan fingerprint density at radius 2 is 1.55 bits per heavy atom. The highest BCUT2D eigenvalue weighted by Crippen LogP contribution is 2.28. The lowest BCUT2D eigenvalue weighted by Crippen LogP contribution is -2.30. The van der Waals surface area contributed by atoms with Crippen molar-refractivity contribution in [1.82, 2.24) is 0 Å². The SMILES string of the molecule is C[C@@H](Oc1ccc(Cl)cc1Cl)C(=O)Nc1ccc(NC(=O)CCc2ccccc2)cc1. The minimum absolute atomic E-state index is 0.0671. The third-order valence-corrected chi connectivity index (χ3v) is 5.02. The van der Waals surface area contributed by atoms with Crippen molar-refractivity contribution in [3.63, 3.8) is 0 Å². The van der Waals surface area contributed by atoms with Crippen LogP contribution in [0.2, 0.25) is 10.0 Å². The maximum Gasteiger partial charge on any atom is 0.265 e. The molecule has 0 heterocycles. The third kappa shape index (κ3) is 7.02. The summed E-state index contributed by atoms with van der Waals surface area (Å²) >= 11 is 11.9. The van der Waals surface area contributed by atoms with Gasteiger partial charge in [0, 0.05) is 22.8 Å². The van der Waals surface area contributed by atoms with Gasteiger partial charge in [-0.15, -0.1) is 0 Å². The Bertz CT molecular complexity index is 1040. The Morgan fingerprint density at radius 3 is 2.19 bits per heavy atom. The zero-order valence-corrected chi connectivity index (χ0v) is 18.4. The van der Waals surface area contributed by atoms with Gasteiger partial charge in [0.15, 0.2) is 6.10 Å². The molecule has 3 aromatic rings. The smallest absolute Gasteiger partial charge is 0.265 e. The lowest BCUT2D eigenvalue weighted by Gasteiger charge is -2.16. The van der Waals surface area contributed by atoms with Crippen LogP contribution in [-0.4, -0.2) is 17.9 Å². The van der Waals surface area contributed by atoms with E-state index in [0.29, 0.717) is 40.0 Å². The molecular weight excluding hydrogens is 435 g/mol. The molecule has 0 saturated heterocycles. The van der Waals surface area contributed by atoms with Gasteiger partial charge in [-0.05, 0) is 61.4 Å². The molecule has 160 valence electrons. The van der Waals surface area contributed by atoms with Gasteiger partial charge in [0.1, 0.15) is 5.75 Å². The zero-order chi connectivity index (χ0) is 22.2. The van der Waals surface area contributed by atoms with Crippen LogP contribution in [0.5, 0.6) is 5.75 Å². The molecule has 3 aromatic carbocycles. The van der Waals surface area contributed by atoms with Gasteiger partial charge < -0.3 is 15.4 Å². The van der Waals surface area contributed by atoms with Gasteiger partial charge in [0.25, 0.3) is 5.91 Å². The minimum Gasteiger partial charge on any atom is -0.479 e. The topological polar surface area (TPSA) is 67.4 Å². The van der Waals surface area contributed by atoms with Crippen LogP contribution < -0.4 is 15.4 Å². The fourth-order valence-corrected chi connectivity index (χ4v) is 3.27. The Morgan fingerprint density at radius 1 is 0.903 bits per heavy atom. The van der Waals surface area contributed by atoms with Crippen molar-refractivity contribution < 1.29 is 14.3 Å². The second-order valence-electron chi connectivity index (χ2n) is 6.94. The molecule has 2 amide bonds. The van der Waals surface area contributed by atoms with Crippen LogP contribution in [0.25, 0.3) is 0 Å². The minimum atomic E-state index is -0.768. The second kappa shape index (κ2) is 10.8. The summed E-state index contributed by atoms with van der Waals surface area (Å²) < 4.78 is 5.61. The van der Waals surface area contributed by atoms with Crippen molar-refractivity contribution in [3.05, 3.63) is 88.4 Å². The lowest BCUT2D eigenvalue weighted by molar-refractivity contribution is -0.122. The predicted octanol–water partition coefficient (Wildman–Crippen LogP) is 5.97. The summed E-state index contributed by atoms with van der Waals surface area (Å²) in [6.45, 7) is 1.63. The molecule has 31 heavy (non-hydrogen) atoms. The largest absolute Gasteiger partial charge is 0.479 e. The van der Waals surface area contributed by atoms with Gasteiger partial charge in [-0.2, -0.15) is 0 Å². The van der Waals surface area contributed by atoms with E-state index in [9.17, 15) is 9.59 Å². The summed E-state index contributed by atoms with van der Waals surface area (Å²) in [5, 5.41) is 6.45. The van der Waals surface area contributed by atoms with Crippen LogP contribution in [0.4, 0.5) is 11.4 Å². The van der Waals surface area contributed by atoms with E-state index in [1.165, 1.54) is 0 Å². The number of rotatable bonds is 8. The number of ether oxygens (including phenoxy) is 1. The molecule has 0 radical (unpaired) electrons. The van der Waals surface area contributed by atoms with Gasteiger partial charge in [-0.1, -0.05) is 53.5 Å². The molecule has 0 fully saturated rings. The molecule has 3 rings (SSSR count). The Hall–Kier alpha value is -3.02. The van der Waals surface area contributed by atoms with Crippen molar-refractivity contribution >= 4 is 46.4 Å². The Balaban J connectivity index is 1.48. The number of amides is 2. The summed E-state index contributed by atoms with van der Waals surface area (Å²) in [4.78, 5) is 24.5. The van der Waals surface area contributed by atoms with E-state index >= 15 is 0 Å². The van der Waals surface area contributed by atoms with Crippen molar-refractivity contribution in [2.75, 3.05) is 10.6 Å². The van der Waals surface area contributed by atoms with Crippen LogP contribution in [0, 0.1) is 0 Å². The fourth-order valence-electron chi connectivity index (χ4n) is 2.82. The van der Waals surface area contributed by atoms with Crippen molar-refractivity contribution in [1.29, 1.82) is 0 Å². The first-order valence-corrected chi connectivity index (χ1v) is 10.5. The maximum atomic E-state index is 12.4. The van der Waals surface area contributed by atoms with Crippen LogP contribution in [0.15, 0.2) is 72.8 Å². The molecule has 0 aromatic heterocycles. The fraction of sp³-hybridized carbons (Fsp3) is 0.167. The molecule has 0 aliphatic rings. The number of nitrogens with one attached hydrogen (secondary N) is 2. The van der Waals surface area contributed by atoms with E-state index in [-0.39, 0.29) is 11.8 Å². The number of carbonyl (C=O) groups excluding carboxylic acids is 2. The summed E-state index contributed by atoms with van der Waals surface area (Å²) in [6.07, 6.45) is 0.303. The number of benzene rings is 3. The maximum absolute atomic E-state index is 12.4. The lowest BCUT2D eigenvalue weighted by atomic mass is 10.1. The summed E-state index contributed by atoms with van der Waals surface area (Å²) in [6, 6.07) is 21.6. The molecule has 0 bridgehead atoms. The Kier molecular flexibility index (Phi) is 7.93. The van der Waals surface area contributed by atoms with Crippen LogP contribution >= 0.6 is 23.2 Å². The molecule has 0 unspecified atom stereocenters. The zero-order valence-electron chi connectivity index (χ0n) is 16.9. The highest BCUT2D eigenvalue weighted by molar-refractivity contribution is 6.35. The molecular formula is C24H22Cl2N2O3. The van der Waals surface area contributed by atoms with Crippen molar-refractivity contribution in [2.24, 2.45) is 0 Å². The van der Waals surface area contributed by atoms with Crippen molar-refractivity contribution in [3.8, 4) is 5.75 Å². The standard InChI is InChI=1S/C24H22Cl2N2O3/c1-16(31-22-13-8-18(25)15-21(22)26)24(30)28-20-11-9-19(10-12-20)27-23(29)14-7-17-5-3-2-4-6-17/h2-6,8-13,15-16H,7,14H2,1H3,(H,27,29)(H,28,30)/t16-/m1/s1. The summed E-state index contributed by atoms with van der Waals surface area (Å²) in [5.41, 5.74) is 2.37. The quantitative estimate of drug-likeness (QED) is 0.438. The number of anilines is 2. The van der Waals surface area contributed by atoms with Gasteiger partial charge in [0.05, 0.1) is 5.02 Å². The third-order valence-electron chi connectivity index (χ3n) is 4.49. The van der Waals surface area contributed by atoms with E-state index in [1.54, 1.807) is 49.4 Å². The number of halogens is 2. The van der Waals surface area contributed by atoms with Crippen molar-refractivity contribution in [2.45, 2.75) is 25.9 Å². The first-order valence-electron chi connectivity index (χ1n) is 9.77. The van der Waals surface area contributed by atoms with Crippen LogP contribution in [0.1, 0.15) is 18.9 Å². The number of carbonyl (C=O) groups is 2. The Labute approximate surface area is 191 Å². The normalized spacial score (nSPS) is 11.5. The van der Waals surface area contributed by atoms with Crippen LogP contribution in [0.3, 0.4) is 0 Å². The number of hydrogen-bond acceptors (Lipinski definition) is 3. The van der Waals surface area contributed by atoms with E-state index < -0.39 is 6.10 Å². The average molecular weight is 457 g/mol. The molecule has 1 atom stereocenters. The van der Waals surface area contributed by atoms with Gasteiger partial charge in [0.2, 0.25) is 5.91 Å². The highest BCUT2D eigenvalue weighted by Gasteiger charge is 2.16. The van der Waals surface area contributed by atoms with Gasteiger partial charge in [-0.3, -0.25) is 9.59 Å². The first kappa shape index (κ1) is 22.7. The highest BCUT2D eigenvalue weighted by atomic mass is 35.5. The molecule has 2 N–H and O–H groups in total. The number of aryl methyl sites for hydroxylation is 1. The van der Waals surface area contributed by atoms with E-state index in [4.69, 9.17) is 27.9 Å². The number of hydrogen-bond donors (Lipinski definition) is 2. The molecule has 0 saturated carbocycles. The molecule has 0 aliphatic heterocycles. The first-order chi connectivity index (χ1) is 14.9. The molecule has 5 nitrogen and oxygen atoms in total. The molecule has 0 spiro atoms. The monoisotopic (exact) mass is 456 g/mol. The average Bonchev–Trinajstić information content (AvgIpc) is 2.76. The predicted molar refractivity (Wildman–Crippen MR) is 125 cm³/mol. The van der Waals surface area contributed by atoms with Gasteiger partial charge in [-0.25, -0.2) is 0 Å². The summed E-state index contributed by atoms with van der Waals surface area (Å²) in [5.74, 6) is -0.0181.